The monoisotopic (exact) mass is 293 g/mol. The van der Waals surface area contributed by atoms with Crippen molar-refractivity contribution in [3.63, 3.8) is 0 Å². The van der Waals surface area contributed by atoms with Crippen LogP contribution >= 0.6 is 11.6 Å². The fourth-order valence-corrected chi connectivity index (χ4v) is 2.65. The summed E-state index contributed by atoms with van der Waals surface area (Å²) >= 11 is 6.25. The van der Waals surface area contributed by atoms with Crippen molar-refractivity contribution in [2.75, 3.05) is 14.1 Å². The third-order valence-corrected chi connectivity index (χ3v) is 3.68. The number of para-hydroxylation sites is 1. The molecule has 0 spiro atoms. The second kappa shape index (κ2) is 5.44. The van der Waals surface area contributed by atoms with Gasteiger partial charge in [-0.05, 0) is 32.4 Å². The molecule has 1 aromatic heterocycles. The highest BCUT2D eigenvalue weighted by Crippen LogP contribution is 2.30. The maximum atomic E-state index is 12.3. The van der Waals surface area contributed by atoms with Gasteiger partial charge in [0.15, 0.2) is 0 Å². The molecule has 108 valence electrons. The Balaban J connectivity index is 2.71. The molecule has 4 nitrogen and oxygen atoms in total. The molecular formula is C15H20ClN3O. The number of carbonyl (C=O) groups is 1. The van der Waals surface area contributed by atoms with E-state index in [1.165, 1.54) is 0 Å². The first-order valence-corrected chi connectivity index (χ1v) is 7.11. The van der Waals surface area contributed by atoms with Gasteiger partial charge >= 0.3 is 0 Å². The predicted molar refractivity (Wildman–Crippen MR) is 82.1 cm³/mol. The van der Waals surface area contributed by atoms with Crippen LogP contribution in [0.25, 0.3) is 11.0 Å². The quantitative estimate of drug-likeness (QED) is 0.815. The smallest absolute Gasteiger partial charge is 0.244 e. The Morgan fingerprint density at radius 1 is 1.35 bits per heavy atom. The van der Waals surface area contributed by atoms with E-state index in [0.717, 1.165) is 22.4 Å². The van der Waals surface area contributed by atoms with Crippen LogP contribution in [0.15, 0.2) is 18.2 Å². The number of nitrogens with zero attached hydrogens (tertiary/aromatic N) is 3. The summed E-state index contributed by atoms with van der Waals surface area (Å²) in [6.45, 7) is 5.79. The lowest BCUT2D eigenvalue weighted by Crippen LogP contribution is -2.30. The molecule has 20 heavy (non-hydrogen) atoms. The lowest BCUT2D eigenvalue weighted by molar-refractivity contribution is -0.131. The number of benzene rings is 1. The van der Waals surface area contributed by atoms with Crippen molar-refractivity contribution >= 4 is 28.5 Å². The van der Waals surface area contributed by atoms with Gasteiger partial charge in [0.1, 0.15) is 11.9 Å². The molecule has 1 heterocycles. The highest BCUT2D eigenvalue weighted by Gasteiger charge is 2.25. The molecule has 0 bridgehead atoms. The normalized spacial score (nSPS) is 14.3. The second-order valence-corrected chi connectivity index (χ2v) is 5.96. The van der Waals surface area contributed by atoms with Crippen LogP contribution in [0.4, 0.5) is 0 Å². The first kappa shape index (κ1) is 14.9. The summed E-state index contributed by atoms with van der Waals surface area (Å²) in [5.74, 6) is 0.768. The van der Waals surface area contributed by atoms with Gasteiger partial charge < -0.3 is 9.47 Å². The number of aromatic nitrogens is 2. The van der Waals surface area contributed by atoms with E-state index in [9.17, 15) is 4.79 Å². The van der Waals surface area contributed by atoms with Crippen LogP contribution in [0.2, 0.25) is 0 Å². The molecule has 0 radical (unpaired) electrons. The van der Waals surface area contributed by atoms with Gasteiger partial charge in [-0.25, -0.2) is 4.98 Å². The van der Waals surface area contributed by atoms with Gasteiger partial charge in [0.2, 0.25) is 5.91 Å². The topological polar surface area (TPSA) is 38.1 Å². The number of fused-ring (bicyclic) bond motifs is 1. The van der Waals surface area contributed by atoms with Gasteiger partial charge in [-0.15, -0.1) is 11.6 Å². The zero-order valence-electron chi connectivity index (χ0n) is 12.5. The molecule has 5 heteroatoms. The Hall–Kier alpha value is -1.55. The van der Waals surface area contributed by atoms with E-state index in [1.807, 2.05) is 43.5 Å². The average molecular weight is 294 g/mol. The third kappa shape index (κ3) is 2.40. The number of rotatable bonds is 3. The molecule has 1 amide bonds. The maximum Gasteiger partial charge on any atom is 0.244 e. The number of carbonyl (C=O) groups excluding carboxylic acids is 1. The largest absolute Gasteiger partial charge is 0.347 e. The van der Waals surface area contributed by atoms with E-state index in [0.29, 0.717) is 0 Å². The van der Waals surface area contributed by atoms with Crippen molar-refractivity contribution in [2.45, 2.75) is 32.2 Å². The molecule has 0 saturated carbocycles. The SMILES string of the molecule is Cc1cccc2nc(C(C)Cl)n(C(C)C(=O)N(C)C)c12. The molecule has 0 aliphatic heterocycles. The Bertz CT molecular complexity index is 646. The van der Waals surface area contributed by atoms with Crippen LogP contribution in [0.1, 0.15) is 36.7 Å². The van der Waals surface area contributed by atoms with Crippen LogP contribution in [-0.4, -0.2) is 34.5 Å². The minimum Gasteiger partial charge on any atom is -0.347 e. The first-order valence-electron chi connectivity index (χ1n) is 6.67. The van der Waals surface area contributed by atoms with Crippen molar-refractivity contribution in [3.05, 3.63) is 29.6 Å². The number of halogens is 1. The third-order valence-electron chi connectivity index (χ3n) is 3.48. The van der Waals surface area contributed by atoms with Gasteiger partial charge in [0.25, 0.3) is 0 Å². The molecule has 2 aromatic rings. The number of hydrogen-bond donors (Lipinski definition) is 0. The lowest BCUT2D eigenvalue weighted by Gasteiger charge is -2.22. The number of imidazole rings is 1. The summed E-state index contributed by atoms with van der Waals surface area (Å²) in [5.41, 5.74) is 2.96. The van der Waals surface area contributed by atoms with E-state index >= 15 is 0 Å². The molecule has 1 aromatic carbocycles. The molecule has 0 saturated heterocycles. The highest BCUT2D eigenvalue weighted by molar-refractivity contribution is 6.20. The Morgan fingerprint density at radius 3 is 2.55 bits per heavy atom. The van der Waals surface area contributed by atoms with E-state index in [1.54, 1.807) is 19.0 Å². The molecule has 0 N–H and O–H groups in total. The first-order chi connectivity index (χ1) is 9.34. The number of hydrogen-bond acceptors (Lipinski definition) is 2. The lowest BCUT2D eigenvalue weighted by atomic mass is 10.2. The van der Waals surface area contributed by atoms with Crippen molar-refractivity contribution in [3.8, 4) is 0 Å². The minimum absolute atomic E-state index is 0.0334. The summed E-state index contributed by atoms with van der Waals surface area (Å²) in [4.78, 5) is 18.5. The number of amides is 1. The standard InChI is InChI=1S/C15H20ClN3O/c1-9-7-6-8-12-13(9)19(14(17-12)10(2)16)11(3)15(20)18(4)5/h6-8,10-11H,1-5H3. The van der Waals surface area contributed by atoms with E-state index in [-0.39, 0.29) is 17.3 Å². The maximum absolute atomic E-state index is 12.3. The number of likely N-dealkylation sites (N-methyl/N-ethyl adjacent to an activating group) is 1. The summed E-state index contributed by atoms with van der Waals surface area (Å²) in [6.07, 6.45) is 0. The van der Waals surface area contributed by atoms with Crippen molar-refractivity contribution in [1.29, 1.82) is 0 Å². The average Bonchev–Trinajstić information content (AvgIpc) is 2.77. The van der Waals surface area contributed by atoms with Gasteiger partial charge in [-0.3, -0.25) is 4.79 Å². The van der Waals surface area contributed by atoms with Gasteiger partial charge in [-0.1, -0.05) is 12.1 Å². The number of aryl methyl sites for hydroxylation is 1. The molecule has 0 aliphatic rings. The predicted octanol–water partition coefficient (Wildman–Crippen LogP) is 3.29. The summed E-state index contributed by atoms with van der Waals surface area (Å²) in [5, 5.41) is -0.251. The van der Waals surface area contributed by atoms with Crippen LogP contribution in [0, 0.1) is 6.92 Å². The molecule has 0 aliphatic carbocycles. The summed E-state index contributed by atoms with van der Waals surface area (Å²) in [7, 11) is 3.52. The van der Waals surface area contributed by atoms with Crippen LogP contribution in [0.3, 0.4) is 0 Å². The Labute approximate surface area is 124 Å². The zero-order valence-corrected chi connectivity index (χ0v) is 13.3. The van der Waals surface area contributed by atoms with E-state index in [2.05, 4.69) is 4.98 Å². The number of alkyl halides is 1. The van der Waals surface area contributed by atoms with Crippen LogP contribution < -0.4 is 0 Å². The Kier molecular flexibility index (Phi) is 4.04. The second-order valence-electron chi connectivity index (χ2n) is 5.31. The van der Waals surface area contributed by atoms with Gasteiger partial charge in [0.05, 0.1) is 16.4 Å². The highest BCUT2D eigenvalue weighted by atomic mass is 35.5. The van der Waals surface area contributed by atoms with Crippen LogP contribution in [-0.2, 0) is 4.79 Å². The molecule has 0 fully saturated rings. The zero-order chi connectivity index (χ0) is 15.0. The molecule has 2 unspecified atom stereocenters. The summed E-state index contributed by atoms with van der Waals surface area (Å²) in [6, 6.07) is 5.62. The minimum atomic E-state index is -0.327. The summed E-state index contributed by atoms with van der Waals surface area (Å²) < 4.78 is 1.96. The fraction of sp³-hybridized carbons (Fsp3) is 0.467. The van der Waals surface area contributed by atoms with Gasteiger partial charge in [-0.2, -0.15) is 0 Å². The fourth-order valence-electron chi connectivity index (χ4n) is 2.50. The van der Waals surface area contributed by atoms with Crippen molar-refractivity contribution in [2.24, 2.45) is 0 Å². The Morgan fingerprint density at radius 2 is 2.00 bits per heavy atom. The van der Waals surface area contributed by atoms with Crippen molar-refractivity contribution in [1.82, 2.24) is 14.5 Å². The van der Waals surface area contributed by atoms with E-state index < -0.39 is 0 Å². The molecular weight excluding hydrogens is 274 g/mol. The molecule has 2 atom stereocenters. The van der Waals surface area contributed by atoms with Crippen LogP contribution in [0.5, 0.6) is 0 Å². The van der Waals surface area contributed by atoms with E-state index in [4.69, 9.17) is 11.6 Å². The van der Waals surface area contributed by atoms with Gasteiger partial charge in [0, 0.05) is 14.1 Å². The molecule has 2 rings (SSSR count). The van der Waals surface area contributed by atoms with Crippen molar-refractivity contribution < 1.29 is 4.79 Å².